The van der Waals surface area contributed by atoms with E-state index in [1.54, 1.807) is 0 Å². The lowest BCUT2D eigenvalue weighted by molar-refractivity contribution is 0.669. The summed E-state index contributed by atoms with van der Waals surface area (Å²) in [5.74, 6) is 0. The first-order valence-corrected chi connectivity index (χ1v) is 18.3. The molecule has 1 heterocycles. The van der Waals surface area contributed by atoms with Gasteiger partial charge in [-0.25, -0.2) is 0 Å². The summed E-state index contributed by atoms with van der Waals surface area (Å²) in [5, 5.41) is 16.3. The molecule has 5 heteroatoms. The highest BCUT2D eigenvalue weighted by molar-refractivity contribution is 6.96. The minimum Gasteiger partial charge on any atom is -0.456 e. The number of benzene rings is 7. The summed E-state index contributed by atoms with van der Waals surface area (Å²) in [7, 11) is -0.665. The van der Waals surface area contributed by atoms with Gasteiger partial charge in [-0.05, 0) is 58.9 Å². The lowest BCUT2D eigenvalue weighted by Gasteiger charge is -2.21. The summed E-state index contributed by atoms with van der Waals surface area (Å²) in [5.41, 5.74) is 6.06. The van der Waals surface area contributed by atoms with Crippen molar-refractivity contribution in [3.05, 3.63) is 176 Å². The molecule has 2 N–H and O–H groups in total. The average molecular weight is 636 g/mol. The SMILES string of the molecule is c1ccc([Si]c2ccccc2Nc2ccc3oc4ccc(Nc5ccccc5[Si](c5ccccc5)c5ccccc5)cc4c3c2)cc1. The van der Waals surface area contributed by atoms with Crippen molar-refractivity contribution < 1.29 is 4.42 Å². The molecule has 223 valence electrons. The molecule has 0 aliphatic heterocycles. The van der Waals surface area contributed by atoms with Crippen LogP contribution in [0.15, 0.2) is 180 Å². The third-order valence-corrected chi connectivity index (χ3v) is 12.5. The number of hydrogen-bond donors (Lipinski definition) is 2. The zero-order valence-corrected chi connectivity index (χ0v) is 27.7. The lowest BCUT2D eigenvalue weighted by Crippen LogP contribution is -2.52. The van der Waals surface area contributed by atoms with Gasteiger partial charge in [0.25, 0.3) is 0 Å². The zero-order chi connectivity index (χ0) is 31.4. The van der Waals surface area contributed by atoms with Crippen molar-refractivity contribution in [2.75, 3.05) is 10.6 Å². The summed E-state index contributed by atoms with van der Waals surface area (Å²) >= 11 is 0. The first kappa shape index (κ1) is 28.8. The second kappa shape index (κ2) is 13.0. The third-order valence-electron chi connectivity index (χ3n) is 8.33. The zero-order valence-electron chi connectivity index (χ0n) is 25.7. The maximum atomic E-state index is 6.29. The number of para-hydroxylation sites is 2. The van der Waals surface area contributed by atoms with Crippen LogP contribution in [0.25, 0.3) is 21.9 Å². The van der Waals surface area contributed by atoms with Crippen molar-refractivity contribution in [1.29, 1.82) is 0 Å². The fraction of sp³-hybridized carbons (Fsp3) is 0. The maximum absolute atomic E-state index is 6.29. The predicted octanol–water partition coefficient (Wildman–Crippen LogP) is 7.24. The predicted molar refractivity (Wildman–Crippen MR) is 202 cm³/mol. The molecule has 3 radical (unpaired) electrons. The largest absolute Gasteiger partial charge is 0.456 e. The van der Waals surface area contributed by atoms with E-state index in [-0.39, 0.29) is 0 Å². The van der Waals surface area contributed by atoms with E-state index < -0.39 is 8.80 Å². The Labute approximate surface area is 279 Å². The van der Waals surface area contributed by atoms with Crippen LogP contribution in [0.5, 0.6) is 0 Å². The Bertz CT molecular complexity index is 2250. The van der Waals surface area contributed by atoms with Crippen molar-refractivity contribution in [3.63, 3.8) is 0 Å². The Hall–Kier alpha value is -5.63. The van der Waals surface area contributed by atoms with Crippen LogP contribution in [-0.2, 0) is 0 Å². The van der Waals surface area contributed by atoms with E-state index in [0.717, 1.165) is 44.7 Å². The van der Waals surface area contributed by atoms with Gasteiger partial charge >= 0.3 is 0 Å². The minimum atomic E-state index is -1.24. The van der Waals surface area contributed by atoms with E-state index in [1.807, 2.05) is 0 Å². The second-order valence-corrected chi connectivity index (χ2v) is 15.3. The van der Waals surface area contributed by atoms with Gasteiger partial charge in [0.15, 0.2) is 8.80 Å². The van der Waals surface area contributed by atoms with Crippen LogP contribution in [0, 0.1) is 0 Å². The molecule has 8 rings (SSSR count). The van der Waals surface area contributed by atoms with E-state index in [9.17, 15) is 0 Å². The fourth-order valence-corrected chi connectivity index (χ4v) is 9.93. The van der Waals surface area contributed by atoms with Crippen LogP contribution in [0.2, 0.25) is 0 Å². The van der Waals surface area contributed by atoms with Crippen LogP contribution >= 0.6 is 0 Å². The van der Waals surface area contributed by atoms with E-state index in [0.29, 0.717) is 9.52 Å². The molecule has 0 saturated heterocycles. The molecule has 0 aliphatic rings. The van der Waals surface area contributed by atoms with Gasteiger partial charge in [0.05, 0.1) is 0 Å². The Balaban J connectivity index is 1.13. The van der Waals surface area contributed by atoms with Gasteiger partial charge in [0.1, 0.15) is 20.7 Å². The molecule has 0 saturated carbocycles. The molecule has 0 spiro atoms. The van der Waals surface area contributed by atoms with Crippen molar-refractivity contribution in [2.24, 2.45) is 0 Å². The molecular weight excluding hydrogens is 605 g/mol. The molecule has 3 nitrogen and oxygen atoms in total. The molecular formula is C42H31N2OSi2. The molecule has 0 fully saturated rings. The number of hydrogen-bond acceptors (Lipinski definition) is 3. The normalized spacial score (nSPS) is 11.3. The summed E-state index contributed by atoms with van der Waals surface area (Å²) in [6.07, 6.45) is 0. The van der Waals surface area contributed by atoms with Crippen LogP contribution in [-0.4, -0.2) is 18.3 Å². The lowest BCUT2D eigenvalue weighted by atomic mass is 10.1. The van der Waals surface area contributed by atoms with Gasteiger partial charge in [0.2, 0.25) is 0 Å². The number of nitrogens with one attached hydrogen (secondary N) is 2. The number of fused-ring (bicyclic) bond motifs is 3. The van der Waals surface area contributed by atoms with E-state index in [1.165, 1.54) is 25.9 Å². The van der Waals surface area contributed by atoms with Crippen molar-refractivity contribution in [1.82, 2.24) is 0 Å². The van der Waals surface area contributed by atoms with Gasteiger partial charge in [-0.3, -0.25) is 0 Å². The highest BCUT2D eigenvalue weighted by Gasteiger charge is 2.22. The molecule has 8 aromatic rings. The molecule has 1 aromatic heterocycles. The highest BCUT2D eigenvalue weighted by atomic mass is 28.3. The van der Waals surface area contributed by atoms with Gasteiger partial charge in [-0.2, -0.15) is 0 Å². The monoisotopic (exact) mass is 635 g/mol. The first-order valence-electron chi connectivity index (χ1n) is 15.8. The number of anilines is 4. The molecule has 0 atom stereocenters. The molecule has 0 amide bonds. The van der Waals surface area contributed by atoms with E-state index >= 15 is 0 Å². The van der Waals surface area contributed by atoms with Crippen LogP contribution < -0.4 is 36.6 Å². The Morgan fingerprint density at radius 3 is 1.55 bits per heavy atom. The van der Waals surface area contributed by atoms with Crippen molar-refractivity contribution >= 4 is 88.9 Å². The molecule has 0 unspecified atom stereocenters. The van der Waals surface area contributed by atoms with Crippen molar-refractivity contribution in [2.45, 2.75) is 0 Å². The van der Waals surface area contributed by atoms with Crippen LogP contribution in [0.1, 0.15) is 0 Å². The molecule has 0 bridgehead atoms. The molecule has 7 aromatic carbocycles. The minimum absolute atomic E-state index is 0.574. The standard InChI is InChI=1S/C42H31N2OSi2/c1-4-14-32(15-5-1)46-41-22-12-10-20-37(41)43-30-24-26-39-35(28-30)36-29-31(25-27-40(36)45-39)44-38-21-11-13-23-42(38)47(33-16-6-2-7-17-33)34-18-8-3-9-19-34/h1-29,43-44H. The Morgan fingerprint density at radius 2 is 0.936 bits per heavy atom. The molecule has 0 aliphatic carbocycles. The summed E-state index contributed by atoms with van der Waals surface area (Å²) < 4.78 is 6.29. The molecule has 47 heavy (non-hydrogen) atoms. The highest BCUT2D eigenvalue weighted by Crippen LogP contribution is 2.34. The van der Waals surface area contributed by atoms with Gasteiger partial charge < -0.3 is 15.1 Å². The summed E-state index contributed by atoms with van der Waals surface area (Å²) in [6, 6.07) is 62.5. The van der Waals surface area contributed by atoms with Crippen LogP contribution in [0.3, 0.4) is 0 Å². The van der Waals surface area contributed by atoms with Gasteiger partial charge in [-0.15, -0.1) is 0 Å². The average Bonchev–Trinajstić information content (AvgIpc) is 3.49. The van der Waals surface area contributed by atoms with Gasteiger partial charge in [-0.1, -0.05) is 143 Å². The summed E-state index contributed by atoms with van der Waals surface area (Å²) in [4.78, 5) is 0. The summed E-state index contributed by atoms with van der Waals surface area (Å²) in [6.45, 7) is 0. The first-order chi connectivity index (χ1) is 23.3. The van der Waals surface area contributed by atoms with Gasteiger partial charge in [0, 0.05) is 33.5 Å². The maximum Gasteiger partial charge on any atom is 0.157 e. The topological polar surface area (TPSA) is 37.2 Å². The Morgan fingerprint density at radius 1 is 0.447 bits per heavy atom. The number of furan rings is 1. The quantitative estimate of drug-likeness (QED) is 0.130. The Kier molecular flexibility index (Phi) is 7.97. The van der Waals surface area contributed by atoms with Crippen LogP contribution in [0.4, 0.5) is 22.7 Å². The third kappa shape index (κ3) is 6.14. The van der Waals surface area contributed by atoms with E-state index in [2.05, 4.69) is 187 Å². The van der Waals surface area contributed by atoms with E-state index in [4.69, 9.17) is 4.42 Å². The smallest absolute Gasteiger partial charge is 0.157 e. The van der Waals surface area contributed by atoms with Crippen molar-refractivity contribution in [3.8, 4) is 0 Å². The number of rotatable bonds is 9. The second-order valence-electron chi connectivity index (χ2n) is 11.5. The fourth-order valence-electron chi connectivity index (χ4n) is 6.12.